The first kappa shape index (κ1) is 18.4. The fourth-order valence-electron chi connectivity index (χ4n) is 3.02. The molecule has 1 N–H and O–H groups in total. The van der Waals surface area contributed by atoms with Crippen LogP contribution >= 0.6 is 11.3 Å². The lowest BCUT2D eigenvalue weighted by atomic mass is 9.93. The van der Waals surface area contributed by atoms with Crippen molar-refractivity contribution in [1.29, 1.82) is 0 Å². The van der Waals surface area contributed by atoms with Crippen molar-refractivity contribution in [2.45, 2.75) is 56.2 Å². The van der Waals surface area contributed by atoms with E-state index < -0.39 is 10.0 Å². The lowest BCUT2D eigenvalue weighted by Gasteiger charge is -2.33. The summed E-state index contributed by atoms with van der Waals surface area (Å²) in [5.41, 5.74) is -0.202. The first-order valence-electron chi connectivity index (χ1n) is 8.12. The molecule has 1 fully saturated rings. The third-order valence-electron chi connectivity index (χ3n) is 4.25. The molecule has 2 heterocycles. The second kappa shape index (κ2) is 7.32. The van der Waals surface area contributed by atoms with E-state index in [0.717, 1.165) is 12.8 Å². The highest BCUT2D eigenvalue weighted by atomic mass is 32.2. The minimum atomic E-state index is -3.39. The van der Waals surface area contributed by atoms with Gasteiger partial charge < -0.3 is 5.32 Å². The Bertz CT molecular complexity index is 616. The van der Waals surface area contributed by atoms with Gasteiger partial charge in [-0.2, -0.15) is 4.31 Å². The predicted octanol–water partition coefficient (Wildman–Crippen LogP) is 2.84. The molecule has 0 unspecified atom stereocenters. The third kappa shape index (κ3) is 4.55. The Labute approximate surface area is 143 Å². The first-order valence-corrected chi connectivity index (χ1v) is 10.4. The van der Waals surface area contributed by atoms with Crippen LogP contribution in [-0.4, -0.2) is 37.3 Å². The molecule has 0 aliphatic carbocycles. The van der Waals surface area contributed by atoms with Gasteiger partial charge in [0.05, 0.1) is 0 Å². The van der Waals surface area contributed by atoms with Crippen molar-refractivity contribution in [3.05, 3.63) is 17.5 Å². The summed E-state index contributed by atoms with van der Waals surface area (Å²) < 4.78 is 26.8. The van der Waals surface area contributed by atoms with Crippen LogP contribution < -0.4 is 5.32 Å². The number of carbonyl (C=O) groups is 1. The highest BCUT2D eigenvalue weighted by Crippen LogP contribution is 2.26. The van der Waals surface area contributed by atoms with Crippen LogP contribution in [0.15, 0.2) is 21.7 Å². The van der Waals surface area contributed by atoms with Crippen LogP contribution in [0.2, 0.25) is 0 Å². The van der Waals surface area contributed by atoms with Gasteiger partial charge in [-0.15, -0.1) is 11.3 Å². The molecular formula is C16H26N2O3S2. The number of piperidine rings is 1. The molecule has 1 aliphatic rings. The Balaban J connectivity index is 1.92. The van der Waals surface area contributed by atoms with Crippen molar-refractivity contribution >= 4 is 27.3 Å². The van der Waals surface area contributed by atoms with Crippen molar-refractivity contribution in [3.63, 3.8) is 0 Å². The number of hydrogen-bond donors (Lipinski definition) is 1. The lowest BCUT2D eigenvalue weighted by Crippen LogP contribution is -2.49. The quantitative estimate of drug-likeness (QED) is 0.850. The van der Waals surface area contributed by atoms with E-state index in [2.05, 4.69) is 12.2 Å². The summed E-state index contributed by atoms with van der Waals surface area (Å²) in [6.45, 7) is 6.98. The van der Waals surface area contributed by atoms with Crippen LogP contribution in [0.25, 0.3) is 0 Å². The number of hydrogen-bond acceptors (Lipinski definition) is 4. The summed E-state index contributed by atoms with van der Waals surface area (Å²) in [5.74, 6) is -0.0439. The topological polar surface area (TPSA) is 66.5 Å². The van der Waals surface area contributed by atoms with Gasteiger partial charge in [0.2, 0.25) is 5.91 Å². The lowest BCUT2D eigenvalue weighted by molar-refractivity contribution is -0.127. The Morgan fingerprint density at radius 1 is 1.39 bits per heavy atom. The summed E-state index contributed by atoms with van der Waals surface area (Å²) in [6.07, 6.45) is 3.12. The normalized spacial score (nSPS) is 18.0. The molecule has 23 heavy (non-hydrogen) atoms. The van der Waals surface area contributed by atoms with Gasteiger partial charge in [0.1, 0.15) is 4.21 Å². The van der Waals surface area contributed by atoms with Crippen molar-refractivity contribution < 1.29 is 13.2 Å². The monoisotopic (exact) mass is 358 g/mol. The van der Waals surface area contributed by atoms with E-state index >= 15 is 0 Å². The van der Waals surface area contributed by atoms with Crippen molar-refractivity contribution in [2.75, 3.05) is 13.1 Å². The molecule has 5 nitrogen and oxygen atoms in total. The van der Waals surface area contributed by atoms with Crippen molar-refractivity contribution in [2.24, 2.45) is 5.92 Å². The second-order valence-corrected chi connectivity index (χ2v) is 9.85. The van der Waals surface area contributed by atoms with Gasteiger partial charge >= 0.3 is 0 Å². The molecule has 1 amide bonds. The van der Waals surface area contributed by atoms with E-state index in [1.165, 1.54) is 15.6 Å². The molecule has 0 aromatic carbocycles. The number of amides is 1. The predicted molar refractivity (Wildman–Crippen MR) is 92.9 cm³/mol. The number of nitrogens with one attached hydrogen (secondary N) is 1. The number of thiophene rings is 1. The average Bonchev–Trinajstić information content (AvgIpc) is 3.01. The SMILES string of the molecule is CCCC(C)(C)NC(=O)C1CCN(S(=O)(=O)c2cccs2)CC1. The van der Waals surface area contributed by atoms with E-state index in [1.807, 2.05) is 13.8 Å². The maximum absolute atomic E-state index is 12.5. The van der Waals surface area contributed by atoms with Crippen LogP contribution in [0.4, 0.5) is 0 Å². The van der Waals surface area contributed by atoms with E-state index in [1.54, 1.807) is 17.5 Å². The van der Waals surface area contributed by atoms with E-state index in [9.17, 15) is 13.2 Å². The number of sulfonamides is 1. The van der Waals surface area contributed by atoms with E-state index in [4.69, 9.17) is 0 Å². The highest BCUT2D eigenvalue weighted by molar-refractivity contribution is 7.91. The third-order valence-corrected chi connectivity index (χ3v) is 7.52. The molecule has 2 rings (SSSR count). The molecule has 0 bridgehead atoms. The summed E-state index contributed by atoms with van der Waals surface area (Å²) in [4.78, 5) is 12.4. The van der Waals surface area contributed by atoms with Gasteiger partial charge in [0, 0.05) is 24.5 Å². The zero-order valence-electron chi connectivity index (χ0n) is 14.0. The summed E-state index contributed by atoms with van der Waals surface area (Å²) in [6, 6.07) is 3.37. The largest absolute Gasteiger partial charge is 0.351 e. The van der Waals surface area contributed by atoms with Gasteiger partial charge in [-0.25, -0.2) is 8.42 Å². The molecule has 130 valence electrons. The number of nitrogens with zero attached hydrogens (tertiary/aromatic N) is 1. The van der Waals surface area contributed by atoms with Gasteiger partial charge in [0.15, 0.2) is 0 Å². The molecule has 7 heteroatoms. The van der Waals surface area contributed by atoms with Crippen molar-refractivity contribution in [3.8, 4) is 0 Å². The summed E-state index contributed by atoms with van der Waals surface area (Å²) in [7, 11) is -3.39. The zero-order valence-corrected chi connectivity index (χ0v) is 15.7. The molecule has 0 radical (unpaired) electrons. The Hall–Kier alpha value is -0.920. The molecule has 1 aromatic rings. The maximum atomic E-state index is 12.5. The number of carbonyl (C=O) groups excluding carboxylic acids is 1. The second-order valence-electron chi connectivity index (χ2n) is 6.73. The molecule has 0 spiro atoms. The minimum absolute atomic E-state index is 0.0524. The highest BCUT2D eigenvalue weighted by Gasteiger charge is 2.33. The molecule has 1 aliphatic heterocycles. The minimum Gasteiger partial charge on any atom is -0.351 e. The van der Waals surface area contributed by atoms with Crippen LogP contribution in [-0.2, 0) is 14.8 Å². The van der Waals surface area contributed by atoms with Crippen LogP contribution in [0.3, 0.4) is 0 Å². The average molecular weight is 359 g/mol. The fraction of sp³-hybridized carbons (Fsp3) is 0.688. The molecule has 1 aromatic heterocycles. The fourth-order valence-corrected chi connectivity index (χ4v) is 5.63. The molecule has 1 saturated heterocycles. The Morgan fingerprint density at radius 2 is 2.04 bits per heavy atom. The molecule has 0 atom stereocenters. The van der Waals surface area contributed by atoms with Crippen LogP contribution in [0.1, 0.15) is 46.5 Å². The van der Waals surface area contributed by atoms with Gasteiger partial charge in [0.25, 0.3) is 10.0 Å². The number of rotatable bonds is 6. The van der Waals surface area contributed by atoms with E-state index in [0.29, 0.717) is 30.1 Å². The molecule has 0 saturated carbocycles. The van der Waals surface area contributed by atoms with Crippen molar-refractivity contribution in [1.82, 2.24) is 9.62 Å². The van der Waals surface area contributed by atoms with Gasteiger partial charge in [-0.3, -0.25) is 4.79 Å². The van der Waals surface area contributed by atoms with Crippen LogP contribution in [0.5, 0.6) is 0 Å². The smallest absolute Gasteiger partial charge is 0.252 e. The maximum Gasteiger partial charge on any atom is 0.252 e. The van der Waals surface area contributed by atoms with Crippen LogP contribution in [0, 0.1) is 5.92 Å². The van der Waals surface area contributed by atoms with Gasteiger partial charge in [-0.1, -0.05) is 19.4 Å². The zero-order chi connectivity index (χ0) is 17.1. The summed E-state index contributed by atoms with van der Waals surface area (Å²) >= 11 is 1.24. The van der Waals surface area contributed by atoms with Gasteiger partial charge in [-0.05, 0) is 44.6 Å². The standard InChI is InChI=1S/C16H26N2O3S2/c1-4-9-16(2,3)17-15(19)13-7-10-18(11-8-13)23(20,21)14-6-5-12-22-14/h5-6,12-13H,4,7-11H2,1-3H3,(H,17,19). The Kier molecular flexibility index (Phi) is 5.86. The van der Waals surface area contributed by atoms with E-state index in [-0.39, 0.29) is 17.4 Å². The Morgan fingerprint density at radius 3 is 2.57 bits per heavy atom. The summed E-state index contributed by atoms with van der Waals surface area (Å²) in [5, 5.41) is 4.87. The molecular weight excluding hydrogens is 332 g/mol. The first-order chi connectivity index (χ1) is 10.8.